The molecule has 1 aromatic heterocycles. The van der Waals surface area contributed by atoms with Gasteiger partial charge in [0.1, 0.15) is 0 Å². The summed E-state index contributed by atoms with van der Waals surface area (Å²) in [7, 11) is -3.05. The van der Waals surface area contributed by atoms with Crippen molar-refractivity contribution in [3.63, 3.8) is 0 Å². The minimum Gasteiger partial charge on any atom is -0.311 e. The largest absolute Gasteiger partial charge is 0.311 e. The Balaban J connectivity index is 2.13. The Kier molecular flexibility index (Phi) is 5.40. The molecule has 4 nitrogen and oxygen atoms in total. The lowest BCUT2D eigenvalue weighted by Crippen LogP contribution is -2.32. The van der Waals surface area contributed by atoms with Gasteiger partial charge in [0.05, 0.1) is 5.75 Å². The second-order valence-electron chi connectivity index (χ2n) is 3.49. The highest BCUT2D eigenvalue weighted by Gasteiger charge is 2.04. The zero-order chi connectivity index (χ0) is 12.0. The highest BCUT2D eigenvalue weighted by atomic mass is 32.2. The molecule has 0 saturated carbocycles. The zero-order valence-corrected chi connectivity index (χ0v) is 11.2. The molecular formula is C10H18N2O2S2. The Morgan fingerprint density at radius 1 is 1.31 bits per heavy atom. The molecule has 0 fully saturated rings. The molecule has 0 unspecified atom stereocenters. The summed E-state index contributed by atoms with van der Waals surface area (Å²) >= 11 is 1.75. The third-order valence-corrected chi connectivity index (χ3v) is 4.50. The molecule has 0 aromatic carbocycles. The summed E-state index contributed by atoms with van der Waals surface area (Å²) in [5.41, 5.74) is 0. The van der Waals surface area contributed by atoms with Gasteiger partial charge in [0.25, 0.3) is 0 Å². The maximum absolute atomic E-state index is 11.1. The fourth-order valence-electron chi connectivity index (χ4n) is 1.19. The SMILES string of the molecule is CCS(=O)(=O)NCCNCc1ccc(C)s1. The van der Waals surface area contributed by atoms with Crippen molar-refractivity contribution in [3.05, 3.63) is 21.9 Å². The second kappa shape index (κ2) is 6.34. The number of thiophene rings is 1. The van der Waals surface area contributed by atoms with E-state index in [0.29, 0.717) is 13.1 Å². The van der Waals surface area contributed by atoms with Gasteiger partial charge in [-0.2, -0.15) is 0 Å². The molecule has 92 valence electrons. The van der Waals surface area contributed by atoms with Crippen molar-refractivity contribution >= 4 is 21.4 Å². The molecular weight excluding hydrogens is 244 g/mol. The summed E-state index contributed by atoms with van der Waals surface area (Å²) in [6.45, 7) is 5.59. The maximum atomic E-state index is 11.1. The molecule has 0 bridgehead atoms. The molecule has 6 heteroatoms. The van der Waals surface area contributed by atoms with Crippen LogP contribution in [0.4, 0.5) is 0 Å². The average Bonchev–Trinajstić information content (AvgIpc) is 2.64. The number of rotatable bonds is 7. The first-order valence-corrected chi connectivity index (χ1v) is 7.74. The molecule has 0 aliphatic carbocycles. The monoisotopic (exact) mass is 262 g/mol. The van der Waals surface area contributed by atoms with Crippen LogP contribution in [-0.2, 0) is 16.6 Å². The van der Waals surface area contributed by atoms with Crippen LogP contribution in [0.3, 0.4) is 0 Å². The Labute approximate surface area is 101 Å². The Bertz CT molecular complexity index is 412. The Morgan fingerprint density at radius 2 is 2.06 bits per heavy atom. The summed E-state index contributed by atoms with van der Waals surface area (Å²) < 4.78 is 24.7. The van der Waals surface area contributed by atoms with E-state index in [2.05, 4.69) is 29.1 Å². The summed E-state index contributed by atoms with van der Waals surface area (Å²) in [5.74, 6) is 0.136. The van der Waals surface area contributed by atoms with Gasteiger partial charge in [0.15, 0.2) is 0 Å². The first kappa shape index (κ1) is 13.6. The summed E-state index contributed by atoms with van der Waals surface area (Å²) in [4.78, 5) is 2.57. The van der Waals surface area contributed by atoms with Crippen molar-refractivity contribution in [2.24, 2.45) is 0 Å². The highest BCUT2D eigenvalue weighted by molar-refractivity contribution is 7.89. The van der Waals surface area contributed by atoms with Crippen molar-refractivity contribution in [2.75, 3.05) is 18.8 Å². The van der Waals surface area contributed by atoms with Crippen LogP contribution in [0.2, 0.25) is 0 Å². The molecule has 1 heterocycles. The number of hydrogen-bond acceptors (Lipinski definition) is 4. The van der Waals surface area contributed by atoms with Gasteiger partial charge >= 0.3 is 0 Å². The van der Waals surface area contributed by atoms with Crippen LogP contribution in [0.25, 0.3) is 0 Å². The lowest BCUT2D eigenvalue weighted by Gasteiger charge is -2.05. The lowest BCUT2D eigenvalue weighted by atomic mass is 10.4. The van der Waals surface area contributed by atoms with E-state index in [9.17, 15) is 8.42 Å². The van der Waals surface area contributed by atoms with Crippen molar-refractivity contribution in [2.45, 2.75) is 20.4 Å². The van der Waals surface area contributed by atoms with Gasteiger partial charge in [-0.05, 0) is 26.0 Å². The van der Waals surface area contributed by atoms with Gasteiger partial charge in [0.2, 0.25) is 10.0 Å². The van der Waals surface area contributed by atoms with Crippen molar-refractivity contribution in [1.82, 2.24) is 10.0 Å². The van der Waals surface area contributed by atoms with Crippen LogP contribution in [-0.4, -0.2) is 27.3 Å². The van der Waals surface area contributed by atoms with E-state index >= 15 is 0 Å². The molecule has 0 spiro atoms. The highest BCUT2D eigenvalue weighted by Crippen LogP contribution is 2.14. The first-order valence-electron chi connectivity index (χ1n) is 5.27. The molecule has 0 saturated heterocycles. The molecule has 2 N–H and O–H groups in total. The Morgan fingerprint density at radius 3 is 2.62 bits per heavy atom. The zero-order valence-electron chi connectivity index (χ0n) is 9.62. The van der Waals surface area contributed by atoms with Crippen molar-refractivity contribution in [1.29, 1.82) is 0 Å². The van der Waals surface area contributed by atoms with E-state index in [1.165, 1.54) is 9.75 Å². The maximum Gasteiger partial charge on any atom is 0.211 e. The first-order chi connectivity index (χ1) is 7.53. The van der Waals surface area contributed by atoms with Gasteiger partial charge in [-0.1, -0.05) is 0 Å². The standard InChI is InChI=1S/C10H18N2O2S2/c1-3-16(13,14)12-7-6-11-8-10-5-4-9(2)15-10/h4-5,11-12H,3,6-8H2,1-2H3. The fourth-order valence-corrected chi connectivity index (χ4v) is 2.67. The number of hydrogen-bond donors (Lipinski definition) is 2. The minimum absolute atomic E-state index is 0.136. The molecule has 0 amide bonds. The molecule has 0 aliphatic heterocycles. The smallest absolute Gasteiger partial charge is 0.211 e. The van der Waals surface area contributed by atoms with Crippen LogP contribution in [0.5, 0.6) is 0 Å². The normalized spacial score (nSPS) is 11.9. The molecule has 0 radical (unpaired) electrons. The van der Waals surface area contributed by atoms with Gasteiger partial charge in [0, 0.05) is 29.4 Å². The van der Waals surface area contributed by atoms with E-state index in [1.807, 2.05) is 0 Å². The predicted octanol–water partition coefficient (Wildman–Crippen LogP) is 1.09. The fraction of sp³-hybridized carbons (Fsp3) is 0.600. The Hall–Kier alpha value is -0.430. The van der Waals surface area contributed by atoms with E-state index in [-0.39, 0.29) is 5.75 Å². The summed E-state index contributed by atoms with van der Waals surface area (Å²) in [6, 6.07) is 4.17. The van der Waals surface area contributed by atoms with Crippen LogP contribution < -0.4 is 10.0 Å². The molecule has 16 heavy (non-hydrogen) atoms. The topological polar surface area (TPSA) is 58.2 Å². The number of aryl methyl sites for hydroxylation is 1. The van der Waals surface area contributed by atoms with Crippen LogP contribution in [0.15, 0.2) is 12.1 Å². The minimum atomic E-state index is -3.05. The molecule has 1 aromatic rings. The number of sulfonamides is 1. The summed E-state index contributed by atoms with van der Waals surface area (Å²) in [6.07, 6.45) is 0. The van der Waals surface area contributed by atoms with Crippen LogP contribution in [0.1, 0.15) is 16.7 Å². The quantitative estimate of drug-likeness (QED) is 0.723. The van der Waals surface area contributed by atoms with Crippen LogP contribution >= 0.6 is 11.3 Å². The van der Waals surface area contributed by atoms with E-state index < -0.39 is 10.0 Å². The third kappa shape index (κ3) is 5.07. The van der Waals surface area contributed by atoms with E-state index in [0.717, 1.165) is 6.54 Å². The van der Waals surface area contributed by atoms with Gasteiger partial charge in [-0.25, -0.2) is 13.1 Å². The lowest BCUT2D eigenvalue weighted by molar-refractivity contribution is 0.577. The van der Waals surface area contributed by atoms with E-state index in [4.69, 9.17) is 0 Å². The van der Waals surface area contributed by atoms with Crippen molar-refractivity contribution in [3.8, 4) is 0 Å². The third-order valence-electron chi connectivity index (χ3n) is 2.10. The molecule has 0 aliphatic rings. The number of nitrogens with one attached hydrogen (secondary N) is 2. The van der Waals surface area contributed by atoms with Gasteiger partial charge in [-0.15, -0.1) is 11.3 Å². The second-order valence-corrected chi connectivity index (χ2v) is 6.95. The van der Waals surface area contributed by atoms with E-state index in [1.54, 1.807) is 18.3 Å². The van der Waals surface area contributed by atoms with Gasteiger partial charge < -0.3 is 5.32 Å². The van der Waals surface area contributed by atoms with Gasteiger partial charge in [-0.3, -0.25) is 0 Å². The average molecular weight is 262 g/mol. The summed E-state index contributed by atoms with van der Waals surface area (Å²) in [5, 5.41) is 3.20. The molecule has 1 rings (SSSR count). The molecule has 0 atom stereocenters. The predicted molar refractivity (Wildman–Crippen MR) is 68.2 cm³/mol. The van der Waals surface area contributed by atoms with Crippen molar-refractivity contribution < 1.29 is 8.42 Å². The van der Waals surface area contributed by atoms with Crippen LogP contribution in [0, 0.1) is 6.92 Å².